The number of benzene rings is 2. The van der Waals surface area contributed by atoms with Gasteiger partial charge in [0.2, 0.25) is 5.95 Å². The molecule has 0 aliphatic carbocycles. The van der Waals surface area contributed by atoms with Gasteiger partial charge in [-0.3, -0.25) is 0 Å². The summed E-state index contributed by atoms with van der Waals surface area (Å²) in [6.07, 6.45) is 0. The van der Waals surface area contributed by atoms with Gasteiger partial charge in [0, 0.05) is 28.4 Å². The number of aromatic nitrogens is 2. The summed E-state index contributed by atoms with van der Waals surface area (Å²) in [5, 5.41) is 6.21. The Labute approximate surface area is 180 Å². The molecule has 0 spiro atoms. The summed E-state index contributed by atoms with van der Waals surface area (Å²) in [7, 11) is 3.22. The summed E-state index contributed by atoms with van der Waals surface area (Å²) in [6, 6.07) is 15.4. The van der Waals surface area contributed by atoms with E-state index < -0.39 is 0 Å². The molecule has 0 atom stereocenters. The predicted octanol–water partition coefficient (Wildman–Crippen LogP) is 4.76. The SMILES string of the molecule is COc1ccc(-c2c/c(=N/Nc3nc(C)cc(C)n3)c3cc(C)ccc3o2)cc1OC. The first-order chi connectivity index (χ1) is 15.0. The molecule has 0 radical (unpaired) electrons. The van der Waals surface area contributed by atoms with E-state index in [1.165, 1.54) is 0 Å². The first kappa shape index (κ1) is 20.4. The molecule has 0 unspecified atom stereocenters. The Morgan fingerprint density at radius 1 is 0.839 bits per heavy atom. The van der Waals surface area contributed by atoms with E-state index in [0.717, 1.165) is 38.8 Å². The van der Waals surface area contributed by atoms with Crippen molar-refractivity contribution >= 4 is 16.9 Å². The molecule has 7 heteroatoms. The Bertz CT molecular complexity index is 1310. The minimum absolute atomic E-state index is 0.451. The van der Waals surface area contributed by atoms with Crippen LogP contribution in [0.25, 0.3) is 22.3 Å². The molecule has 0 aliphatic heterocycles. The van der Waals surface area contributed by atoms with Gasteiger partial charge < -0.3 is 13.9 Å². The lowest BCUT2D eigenvalue weighted by Crippen LogP contribution is -2.09. The highest BCUT2D eigenvalue weighted by molar-refractivity contribution is 5.79. The fourth-order valence-corrected chi connectivity index (χ4v) is 3.39. The van der Waals surface area contributed by atoms with Crippen molar-refractivity contribution in [3.05, 3.63) is 70.8 Å². The number of hydrogen-bond donors (Lipinski definition) is 1. The van der Waals surface area contributed by atoms with E-state index in [2.05, 4.69) is 20.5 Å². The molecule has 4 aromatic rings. The first-order valence-electron chi connectivity index (χ1n) is 9.86. The normalized spacial score (nSPS) is 11.6. The highest BCUT2D eigenvalue weighted by Gasteiger charge is 2.11. The van der Waals surface area contributed by atoms with Crippen LogP contribution in [0.4, 0.5) is 5.95 Å². The maximum absolute atomic E-state index is 6.19. The average Bonchev–Trinajstić information content (AvgIpc) is 2.76. The van der Waals surface area contributed by atoms with Crippen LogP contribution in [0.5, 0.6) is 11.5 Å². The van der Waals surface area contributed by atoms with Crippen LogP contribution < -0.4 is 20.3 Å². The second kappa shape index (κ2) is 8.47. The third kappa shape index (κ3) is 4.35. The van der Waals surface area contributed by atoms with Crippen molar-refractivity contribution in [1.29, 1.82) is 0 Å². The highest BCUT2D eigenvalue weighted by Crippen LogP contribution is 2.32. The summed E-state index contributed by atoms with van der Waals surface area (Å²) >= 11 is 0. The van der Waals surface area contributed by atoms with Gasteiger partial charge in [0.1, 0.15) is 11.3 Å². The molecule has 1 N–H and O–H groups in total. The van der Waals surface area contributed by atoms with E-state index in [9.17, 15) is 0 Å². The van der Waals surface area contributed by atoms with Crippen molar-refractivity contribution in [2.75, 3.05) is 19.6 Å². The minimum atomic E-state index is 0.451. The Hall–Kier alpha value is -3.87. The standard InChI is InChI=1S/C24H24N4O3/c1-14-6-8-20-18(10-14)19(27-28-24-25-15(2)11-16(3)26-24)13-22(31-20)17-7-9-21(29-4)23(12-17)30-5/h6-13H,1-5H3,(H,25,26,28)/b27-19-. The van der Waals surface area contributed by atoms with Crippen molar-refractivity contribution in [3.8, 4) is 22.8 Å². The summed E-state index contributed by atoms with van der Waals surface area (Å²) in [4.78, 5) is 8.80. The van der Waals surface area contributed by atoms with Gasteiger partial charge in [0.05, 0.1) is 19.6 Å². The zero-order chi connectivity index (χ0) is 22.0. The van der Waals surface area contributed by atoms with Crippen LogP contribution in [0.15, 0.2) is 58.0 Å². The third-order valence-corrected chi connectivity index (χ3v) is 4.83. The first-order valence-corrected chi connectivity index (χ1v) is 9.86. The topological polar surface area (TPSA) is 81.8 Å². The van der Waals surface area contributed by atoms with E-state index in [0.29, 0.717) is 23.2 Å². The van der Waals surface area contributed by atoms with Gasteiger partial charge in [-0.2, -0.15) is 5.10 Å². The van der Waals surface area contributed by atoms with Crippen molar-refractivity contribution < 1.29 is 13.9 Å². The number of rotatable bonds is 5. The molecule has 0 amide bonds. The summed E-state index contributed by atoms with van der Waals surface area (Å²) in [6.45, 7) is 5.89. The van der Waals surface area contributed by atoms with E-state index in [1.807, 2.05) is 69.3 Å². The molecule has 2 aromatic carbocycles. The molecule has 4 rings (SSSR count). The number of nitrogens with zero attached hydrogens (tertiary/aromatic N) is 3. The van der Waals surface area contributed by atoms with Crippen molar-refractivity contribution in [1.82, 2.24) is 9.97 Å². The van der Waals surface area contributed by atoms with Gasteiger partial charge >= 0.3 is 0 Å². The molecule has 0 saturated carbocycles. The Balaban J connectivity index is 1.87. The Morgan fingerprint density at radius 3 is 2.29 bits per heavy atom. The molecule has 0 bridgehead atoms. The smallest absolute Gasteiger partial charge is 0.243 e. The molecule has 0 fully saturated rings. The quantitative estimate of drug-likeness (QED) is 0.473. The lowest BCUT2D eigenvalue weighted by atomic mass is 10.1. The molecular weight excluding hydrogens is 392 g/mol. The zero-order valence-corrected chi connectivity index (χ0v) is 18.2. The van der Waals surface area contributed by atoms with E-state index in [4.69, 9.17) is 13.9 Å². The summed E-state index contributed by atoms with van der Waals surface area (Å²) < 4.78 is 17.0. The van der Waals surface area contributed by atoms with Crippen LogP contribution in [0.3, 0.4) is 0 Å². The van der Waals surface area contributed by atoms with E-state index in [-0.39, 0.29) is 0 Å². The molecule has 7 nitrogen and oxygen atoms in total. The summed E-state index contributed by atoms with van der Waals surface area (Å²) in [5.41, 5.74) is 7.42. The van der Waals surface area contributed by atoms with Crippen LogP contribution in [0.2, 0.25) is 0 Å². The predicted molar refractivity (Wildman–Crippen MR) is 120 cm³/mol. The number of aryl methyl sites for hydroxylation is 3. The van der Waals surface area contributed by atoms with Crippen molar-refractivity contribution in [2.45, 2.75) is 20.8 Å². The van der Waals surface area contributed by atoms with Gasteiger partial charge in [0.25, 0.3) is 0 Å². The fraction of sp³-hybridized carbons (Fsp3) is 0.208. The number of anilines is 1. The molecular formula is C24H24N4O3. The van der Waals surface area contributed by atoms with Crippen LogP contribution in [-0.4, -0.2) is 24.2 Å². The zero-order valence-electron chi connectivity index (χ0n) is 18.2. The van der Waals surface area contributed by atoms with Crippen LogP contribution in [-0.2, 0) is 0 Å². The second-order valence-electron chi connectivity index (χ2n) is 7.26. The summed E-state index contributed by atoms with van der Waals surface area (Å²) in [5.74, 6) is 2.38. The number of hydrogen-bond acceptors (Lipinski definition) is 7. The maximum Gasteiger partial charge on any atom is 0.243 e. The molecule has 31 heavy (non-hydrogen) atoms. The molecule has 158 valence electrons. The second-order valence-corrected chi connectivity index (χ2v) is 7.26. The lowest BCUT2D eigenvalue weighted by Gasteiger charge is -2.10. The Morgan fingerprint density at radius 2 is 1.58 bits per heavy atom. The van der Waals surface area contributed by atoms with Gasteiger partial charge in [-0.25, -0.2) is 15.4 Å². The molecule has 2 heterocycles. The monoisotopic (exact) mass is 416 g/mol. The van der Waals surface area contributed by atoms with Crippen molar-refractivity contribution in [2.24, 2.45) is 5.10 Å². The number of ether oxygens (including phenoxy) is 2. The van der Waals surface area contributed by atoms with E-state index in [1.54, 1.807) is 14.2 Å². The van der Waals surface area contributed by atoms with Gasteiger partial charge in [-0.05, 0) is 57.2 Å². The number of nitrogens with one attached hydrogen (secondary N) is 1. The van der Waals surface area contributed by atoms with Crippen molar-refractivity contribution in [3.63, 3.8) is 0 Å². The van der Waals surface area contributed by atoms with Gasteiger partial charge in [-0.1, -0.05) is 11.6 Å². The molecule has 0 saturated heterocycles. The third-order valence-electron chi connectivity index (χ3n) is 4.83. The van der Waals surface area contributed by atoms with Gasteiger partial charge in [-0.15, -0.1) is 0 Å². The largest absolute Gasteiger partial charge is 0.493 e. The highest BCUT2D eigenvalue weighted by atomic mass is 16.5. The van der Waals surface area contributed by atoms with E-state index >= 15 is 0 Å². The van der Waals surface area contributed by atoms with Crippen LogP contribution in [0, 0.1) is 20.8 Å². The number of methoxy groups -OCH3 is 2. The minimum Gasteiger partial charge on any atom is -0.493 e. The van der Waals surface area contributed by atoms with Crippen LogP contribution >= 0.6 is 0 Å². The molecule has 0 aliphatic rings. The lowest BCUT2D eigenvalue weighted by molar-refractivity contribution is 0.355. The van der Waals surface area contributed by atoms with Crippen LogP contribution in [0.1, 0.15) is 17.0 Å². The number of fused-ring (bicyclic) bond motifs is 1. The Kier molecular flexibility index (Phi) is 5.58. The molecule has 2 aromatic heterocycles. The fourth-order valence-electron chi connectivity index (χ4n) is 3.39. The maximum atomic E-state index is 6.19. The van der Waals surface area contributed by atoms with Gasteiger partial charge in [0.15, 0.2) is 11.5 Å². The average molecular weight is 416 g/mol.